The van der Waals surface area contributed by atoms with E-state index in [1.165, 1.54) is 6.07 Å². The smallest absolute Gasteiger partial charge is 0.248 e. The van der Waals surface area contributed by atoms with Crippen molar-refractivity contribution in [1.82, 2.24) is 9.88 Å². The number of piperazine rings is 1. The molecule has 0 N–H and O–H groups in total. The van der Waals surface area contributed by atoms with Crippen molar-refractivity contribution in [1.29, 1.82) is 5.26 Å². The Labute approximate surface area is 179 Å². The van der Waals surface area contributed by atoms with Crippen molar-refractivity contribution >= 4 is 11.7 Å². The number of aromatic nitrogens is 1. The van der Waals surface area contributed by atoms with E-state index in [2.05, 4.69) is 16.0 Å². The monoisotopic (exact) mass is 424 g/mol. The number of halogens is 2. The highest BCUT2D eigenvalue weighted by Gasteiger charge is 2.48. The van der Waals surface area contributed by atoms with E-state index in [0.717, 1.165) is 30.8 Å². The SMILES string of the molecule is N#Cc1ccc(N2C[C@H]3CC[C@@H]2CN3C(=O)COC2(c3ccc(F)c(F)c3)CC2)nc1. The molecule has 160 valence electrons. The molecule has 1 aromatic carbocycles. The van der Waals surface area contributed by atoms with Gasteiger partial charge in [-0.3, -0.25) is 4.79 Å². The van der Waals surface area contributed by atoms with Crippen molar-refractivity contribution in [3.05, 3.63) is 59.3 Å². The summed E-state index contributed by atoms with van der Waals surface area (Å²) in [5.41, 5.74) is 0.421. The van der Waals surface area contributed by atoms with Crippen LogP contribution in [0.5, 0.6) is 0 Å². The number of piperidine rings is 2. The maximum atomic E-state index is 13.6. The predicted molar refractivity (Wildman–Crippen MR) is 108 cm³/mol. The van der Waals surface area contributed by atoms with Crippen LogP contribution in [0.15, 0.2) is 36.5 Å². The topological polar surface area (TPSA) is 69.5 Å². The summed E-state index contributed by atoms with van der Waals surface area (Å²) in [5.74, 6) is -1.03. The fourth-order valence-corrected chi connectivity index (χ4v) is 4.73. The number of ether oxygens (including phenoxy) is 1. The lowest BCUT2D eigenvalue weighted by molar-refractivity contribution is -0.144. The number of rotatable bonds is 5. The van der Waals surface area contributed by atoms with E-state index in [0.29, 0.717) is 37.1 Å². The maximum Gasteiger partial charge on any atom is 0.248 e. The highest BCUT2D eigenvalue weighted by Crippen LogP contribution is 2.49. The van der Waals surface area contributed by atoms with Crippen LogP contribution in [0.1, 0.15) is 36.8 Å². The molecule has 1 saturated carbocycles. The third-order valence-corrected chi connectivity index (χ3v) is 6.64. The van der Waals surface area contributed by atoms with E-state index >= 15 is 0 Å². The van der Waals surface area contributed by atoms with Crippen molar-refractivity contribution in [3.63, 3.8) is 0 Å². The van der Waals surface area contributed by atoms with Crippen LogP contribution in [0.25, 0.3) is 0 Å². The number of carbonyl (C=O) groups excluding carboxylic acids is 1. The number of pyridine rings is 1. The summed E-state index contributed by atoms with van der Waals surface area (Å²) in [6.45, 7) is 1.23. The highest BCUT2D eigenvalue weighted by molar-refractivity contribution is 5.78. The van der Waals surface area contributed by atoms with Crippen molar-refractivity contribution in [2.45, 2.75) is 43.4 Å². The van der Waals surface area contributed by atoms with E-state index in [9.17, 15) is 13.6 Å². The number of benzene rings is 1. The van der Waals surface area contributed by atoms with Gasteiger partial charge in [0.25, 0.3) is 0 Å². The number of hydrogen-bond donors (Lipinski definition) is 0. The van der Waals surface area contributed by atoms with Crippen LogP contribution in [0.4, 0.5) is 14.6 Å². The van der Waals surface area contributed by atoms with Gasteiger partial charge in [0.2, 0.25) is 5.91 Å². The Bertz CT molecular complexity index is 1050. The van der Waals surface area contributed by atoms with Gasteiger partial charge in [0.15, 0.2) is 11.6 Å². The quantitative estimate of drug-likeness (QED) is 0.738. The first-order valence-corrected chi connectivity index (χ1v) is 10.5. The number of nitrogens with zero attached hydrogens (tertiary/aromatic N) is 4. The lowest BCUT2D eigenvalue weighted by atomic mass is 9.90. The van der Waals surface area contributed by atoms with Gasteiger partial charge in [-0.1, -0.05) is 6.07 Å². The van der Waals surface area contributed by atoms with Crippen LogP contribution in [-0.4, -0.2) is 47.6 Å². The summed E-state index contributed by atoms with van der Waals surface area (Å²) in [6.07, 6.45) is 4.86. The minimum Gasteiger partial charge on any atom is -0.360 e. The summed E-state index contributed by atoms with van der Waals surface area (Å²) in [7, 11) is 0. The summed E-state index contributed by atoms with van der Waals surface area (Å²) in [6, 6.07) is 9.74. The Balaban J connectivity index is 1.22. The number of carbonyl (C=O) groups is 1. The molecule has 1 aromatic heterocycles. The van der Waals surface area contributed by atoms with Crippen molar-refractivity contribution < 1.29 is 18.3 Å². The third-order valence-electron chi connectivity index (χ3n) is 6.64. The van der Waals surface area contributed by atoms with Crippen LogP contribution in [-0.2, 0) is 15.1 Å². The zero-order valence-electron chi connectivity index (χ0n) is 16.9. The summed E-state index contributed by atoms with van der Waals surface area (Å²) in [5, 5.41) is 8.96. The zero-order valence-corrected chi connectivity index (χ0v) is 16.9. The third kappa shape index (κ3) is 3.63. The molecule has 1 amide bonds. The average molecular weight is 424 g/mol. The summed E-state index contributed by atoms with van der Waals surface area (Å²) in [4.78, 5) is 21.4. The van der Waals surface area contributed by atoms with Gasteiger partial charge in [0.1, 0.15) is 18.5 Å². The molecule has 0 unspecified atom stereocenters. The molecule has 8 heteroatoms. The van der Waals surface area contributed by atoms with Gasteiger partial charge in [-0.15, -0.1) is 0 Å². The summed E-state index contributed by atoms with van der Waals surface area (Å²) < 4.78 is 32.8. The van der Waals surface area contributed by atoms with Gasteiger partial charge < -0.3 is 14.5 Å². The second-order valence-electron chi connectivity index (χ2n) is 8.51. The number of nitriles is 1. The Kier molecular flexibility index (Phi) is 4.86. The molecular formula is C23H22F2N4O2. The fraction of sp³-hybridized carbons (Fsp3) is 0.435. The first kappa shape index (κ1) is 19.9. The second kappa shape index (κ2) is 7.57. The van der Waals surface area contributed by atoms with Gasteiger partial charge in [-0.05, 0) is 55.5 Å². The lowest BCUT2D eigenvalue weighted by Crippen LogP contribution is -2.64. The Morgan fingerprint density at radius 1 is 1.16 bits per heavy atom. The number of hydrogen-bond acceptors (Lipinski definition) is 5. The number of anilines is 1. The average Bonchev–Trinajstić information content (AvgIpc) is 3.60. The van der Waals surface area contributed by atoms with Crippen LogP contribution in [0, 0.1) is 23.0 Å². The van der Waals surface area contributed by atoms with Gasteiger partial charge >= 0.3 is 0 Å². The highest BCUT2D eigenvalue weighted by atomic mass is 19.2. The van der Waals surface area contributed by atoms with Gasteiger partial charge in [-0.25, -0.2) is 13.8 Å². The van der Waals surface area contributed by atoms with Crippen LogP contribution >= 0.6 is 0 Å². The van der Waals surface area contributed by atoms with Gasteiger partial charge in [-0.2, -0.15) is 5.26 Å². The van der Waals surface area contributed by atoms with E-state index in [4.69, 9.17) is 10.00 Å². The molecule has 0 radical (unpaired) electrons. The molecule has 6 rings (SSSR count). The van der Waals surface area contributed by atoms with Gasteiger partial charge in [0, 0.05) is 31.4 Å². The van der Waals surface area contributed by atoms with E-state index in [-0.39, 0.29) is 24.6 Å². The van der Waals surface area contributed by atoms with Crippen molar-refractivity contribution in [3.8, 4) is 6.07 Å². The standard InChI is InChI=1S/C23H22F2N4O2/c24-19-5-2-16(9-20(19)25)23(7-8-23)31-14-22(30)29-13-17-3-4-18(29)12-28(17)21-6-1-15(10-26)11-27-21/h1-2,5-6,9,11,17-18H,3-4,7-8,12-14H2/t17-,18-/m1/s1. The molecule has 1 aliphatic carbocycles. The Morgan fingerprint density at radius 2 is 1.97 bits per heavy atom. The minimum absolute atomic E-state index is 0.0721. The predicted octanol–water partition coefficient (Wildman–Crippen LogP) is 3.12. The molecule has 4 fully saturated rings. The number of amides is 1. The van der Waals surface area contributed by atoms with Crippen LogP contribution < -0.4 is 4.90 Å². The Hall–Kier alpha value is -3.05. The molecule has 4 heterocycles. The normalized spacial score (nSPS) is 23.5. The molecular weight excluding hydrogens is 402 g/mol. The molecule has 3 saturated heterocycles. The molecule has 31 heavy (non-hydrogen) atoms. The first-order valence-electron chi connectivity index (χ1n) is 10.5. The molecule has 6 nitrogen and oxygen atoms in total. The van der Waals surface area contributed by atoms with Gasteiger partial charge in [0.05, 0.1) is 11.2 Å². The van der Waals surface area contributed by atoms with Crippen molar-refractivity contribution in [2.75, 3.05) is 24.6 Å². The minimum atomic E-state index is -0.899. The van der Waals surface area contributed by atoms with E-state index in [1.807, 2.05) is 11.0 Å². The zero-order chi connectivity index (χ0) is 21.6. The molecule has 2 aromatic rings. The number of fused-ring (bicyclic) bond motifs is 3. The second-order valence-corrected chi connectivity index (χ2v) is 8.51. The maximum absolute atomic E-state index is 13.6. The van der Waals surface area contributed by atoms with Crippen LogP contribution in [0.3, 0.4) is 0 Å². The molecule has 2 bridgehead atoms. The van der Waals surface area contributed by atoms with E-state index < -0.39 is 17.2 Å². The van der Waals surface area contributed by atoms with Crippen LogP contribution in [0.2, 0.25) is 0 Å². The largest absolute Gasteiger partial charge is 0.360 e. The van der Waals surface area contributed by atoms with E-state index in [1.54, 1.807) is 12.3 Å². The molecule has 2 atom stereocenters. The van der Waals surface area contributed by atoms with Crippen molar-refractivity contribution in [2.24, 2.45) is 0 Å². The lowest BCUT2D eigenvalue weighted by Gasteiger charge is -2.52. The molecule has 0 spiro atoms. The first-order chi connectivity index (χ1) is 15.0. The Morgan fingerprint density at radius 3 is 2.58 bits per heavy atom. The fourth-order valence-electron chi connectivity index (χ4n) is 4.73. The molecule has 4 aliphatic rings. The molecule has 3 aliphatic heterocycles. The summed E-state index contributed by atoms with van der Waals surface area (Å²) >= 11 is 0.